The molecule has 0 saturated carbocycles. The molecule has 1 aliphatic heterocycles. The molecule has 0 aromatic rings. The minimum atomic E-state index is -1.21. The van der Waals surface area contributed by atoms with Crippen molar-refractivity contribution >= 4 is 29.8 Å². The zero-order chi connectivity index (χ0) is 22.1. The Morgan fingerprint density at radius 1 is 0.828 bits per heavy atom. The molecular weight excluding hydrogens is 392 g/mol. The van der Waals surface area contributed by atoms with Crippen LogP contribution in [-0.4, -0.2) is 73.6 Å². The van der Waals surface area contributed by atoms with Gasteiger partial charge in [-0.15, -0.1) is 0 Å². The number of carbonyl (C=O) groups is 5. The maximum atomic E-state index is 11.7. The van der Waals surface area contributed by atoms with E-state index in [-0.39, 0.29) is 19.6 Å². The van der Waals surface area contributed by atoms with Crippen LogP contribution in [0.3, 0.4) is 0 Å². The van der Waals surface area contributed by atoms with E-state index in [2.05, 4.69) is 0 Å². The fourth-order valence-corrected chi connectivity index (χ4v) is 2.89. The molecule has 1 saturated heterocycles. The van der Waals surface area contributed by atoms with Crippen LogP contribution in [0.1, 0.15) is 41.0 Å². The highest BCUT2D eigenvalue weighted by Crippen LogP contribution is 2.27. The van der Waals surface area contributed by atoms with Crippen LogP contribution in [0.25, 0.3) is 0 Å². The van der Waals surface area contributed by atoms with E-state index in [1.165, 1.54) is 13.8 Å². The molecule has 0 aliphatic carbocycles. The third kappa shape index (κ3) is 8.90. The third-order valence-corrected chi connectivity index (χ3v) is 3.75. The van der Waals surface area contributed by atoms with E-state index < -0.39 is 60.4 Å². The van der Waals surface area contributed by atoms with E-state index in [9.17, 15) is 24.0 Å². The van der Waals surface area contributed by atoms with Crippen LogP contribution in [0.5, 0.6) is 0 Å². The summed E-state index contributed by atoms with van der Waals surface area (Å²) in [6, 6.07) is 0. The van der Waals surface area contributed by atoms with E-state index in [1.54, 1.807) is 0 Å². The normalized spacial score (nSPS) is 25.0. The predicted molar refractivity (Wildman–Crippen MR) is 93.2 cm³/mol. The van der Waals surface area contributed by atoms with Gasteiger partial charge >= 0.3 is 29.8 Å². The lowest BCUT2D eigenvalue weighted by Gasteiger charge is -2.33. The summed E-state index contributed by atoms with van der Waals surface area (Å²) in [5.74, 6) is -3.29. The Labute approximate surface area is 167 Å². The van der Waals surface area contributed by atoms with E-state index in [1.807, 2.05) is 0 Å². The summed E-state index contributed by atoms with van der Waals surface area (Å²) in [5.41, 5.74) is 0. The summed E-state index contributed by atoms with van der Waals surface area (Å²) in [7, 11) is 0. The molecule has 29 heavy (non-hydrogen) atoms. The van der Waals surface area contributed by atoms with Gasteiger partial charge in [0.2, 0.25) is 0 Å². The van der Waals surface area contributed by atoms with Gasteiger partial charge in [0.05, 0.1) is 6.61 Å². The Morgan fingerprint density at radius 3 is 1.90 bits per heavy atom. The Hall–Kier alpha value is -2.69. The topological polar surface area (TPSA) is 141 Å². The van der Waals surface area contributed by atoms with Crippen LogP contribution in [0, 0.1) is 0 Å². The molecule has 5 atom stereocenters. The molecule has 0 spiro atoms. The molecule has 164 valence electrons. The maximum absolute atomic E-state index is 11.7. The summed E-state index contributed by atoms with van der Waals surface area (Å²) >= 11 is 0. The van der Waals surface area contributed by atoms with E-state index in [0.717, 1.165) is 20.8 Å². The Kier molecular flexibility index (Phi) is 9.53. The third-order valence-electron chi connectivity index (χ3n) is 3.75. The van der Waals surface area contributed by atoms with Crippen molar-refractivity contribution in [2.45, 2.75) is 71.6 Å². The van der Waals surface area contributed by atoms with Crippen LogP contribution in [0.15, 0.2) is 0 Å². The average molecular weight is 418 g/mol. The van der Waals surface area contributed by atoms with Gasteiger partial charge in [-0.1, -0.05) is 0 Å². The van der Waals surface area contributed by atoms with E-state index in [0.29, 0.717) is 0 Å². The Balaban J connectivity index is 3.27. The smallest absolute Gasteiger partial charge is 0.303 e. The number of rotatable bonds is 7. The molecule has 0 N–H and O–H groups in total. The fourth-order valence-electron chi connectivity index (χ4n) is 2.89. The molecule has 11 heteroatoms. The summed E-state index contributed by atoms with van der Waals surface area (Å²) in [6.07, 6.45) is -5.44. The number of hydrogen-bond donors (Lipinski definition) is 0. The van der Waals surface area contributed by atoms with Gasteiger partial charge in [-0.2, -0.15) is 0 Å². The minimum Gasteiger partial charge on any atom is -0.462 e. The van der Waals surface area contributed by atoms with Gasteiger partial charge in [0.25, 0.3) is 0 Å². The number of carbonyl (C=O) groups excluding carboxylic acids is 5. The number of esters is 5. The summed E-state index contributed by atoms with van der Waals surface area (Å²) in [5, 5.41) is 0. The molecule has 11 nitrogen and oxygen atoms in total. The van der Waals surface area contributed by atoms with Crippen molar-refractivity contribution in [3.8, 4) is 0 Å². The van der Waals surface area contributed by atoms with Crippen molar-refractivity contribution in [1.29, 1.82) is 0 Å². The lowest BCUT2D eigenvalue weighted by molar-refractivity contribution is -0.195. The molecular formula is C18H26O11. The molecule has 1 fully saturated rings. The zero-order valence-electron chi connectivity index (χ0n) is 17.0. The van der Waals surface area contributed by atoms with Crippen molar-refractivity contribution in [1.82, 2.24) is 0 Å². The summed E-state index contributed by atoms with van der Waals surface area (Å²) < 4.78 is 31.6. The van der Waals surface area contributed by atoms with Gasteiger partial charge in [0.1, 0.15) is 24.9 Å². The van der Waals surface area contributed by atoms with Crippen molar-refractivity contribution in [2.24, 2.45) is 0 Å². The molecule has 0 amide bonds. The minimum absolute atomic E-state index is 0.0199. The van der Waals surface area contributed by atoms with Crippen molar-refractivity contribution in [3.05, 3.63) is 0 Å². The van der Waals surface area contributed by atoms with Gasteiger partial charge < -0.3 is 28.4 Å². The summed E-state index contributed by atoms with van der Waals surface area (Å²) in [4.78, 5) is 57.4. The second-order valence-corrected chi connectivity index (χ2v) is 6.44. The second-order valence-electron chi connectivity index (χ2n) is 6.44. The van der Waals surface area contributed by atoms with E-state index >= 15 is 0 Å². The van der Waals surface area contributed by atoms with Crippen LogP contribution < -0.4 is 0 Å². The number of ether oxygens (including phenoxy) is 6. The van der Waals surface area contributed by atoms with Crippen LogP contribution in [-0.2, 0) is 52.4 Å². The van der Waals surface area contributed by atoms with Crippen molar-refractivity contribution in [2.75, 3.05) is 13.2 Å². The molecule has 1 heterocycles. The first-order chi connectivity index (χ1) is 13.5. The standard InChI is InChI=1S/C18H26O11/c1-9(19)24-8-16(28-12(4)22)17-18(29-13(5)23)15(27-11(3)21)6-14(7-25-17)26-10(2)20/h14-18H,6-8H2,1-5H3. The highest BCUT2D eigenvalue weighted by atomic mass is 16.6. The lowest BCUT2D eigenvalue weighted by atomic mass is 9.99. The molecule has 1 rings (SSSR count). The van der Waals surface area contributed by atoms with Crippen LogP contribution >= 0.6 is 0 Å². The Bertz CT molecular complexity index is 629. The zero-order valence-corrected chi connectivity index (χ0v) is 17.0. The first kappa shape index (κ1) is 24.3. The Morgan fingerprint density at radius 2 is 1.41 bits per heavy atom. The lowest BCUT2D eigenvalue weighted by Crippen LogP contribution is -2.51. The van der Waals surface area contributed by atoms with Gasteiger partial charge in [0, 0.05) is 41.0 Å². The molecule has 0 radical (unpaired) electrons. The molecule has 0 bridgehead atoms. The summed E-state index contributed by atoms with van der Waals surface area (Å²) in [6.45, 7) is 5.28. The maximum Gasteiger partial charge on any atom is 0.303 e. The first-order valence-corrected chi connectivity index (χ1v) is 8.93. The van der Waals surface area contributed by atoms with Crippen molar-refractivity contribution in [3.63, 3.8) is 0 Å². The molecule has 1 aliphatic rings. The average Bonchev–Trinajstić information content (AvgIpc) is 2.70. The predicted octanol–water partition coefficient (Wildman–Crippen LogP) is 0.0652. The largest absolute Gasteiger partial charge is 0.462 e. The first-order valence-electron chi connectivity index (χ1n) is 8.93. The number of hydrogen-bond acceptors (Lipinski definition) is 11. The van der Waals surface area contributed by atoms with E-state index in [4.69, 9.17) is 28.4 Å². The SMILES string of the molecule is CC(=O)OCC(OC(C)=O)C1OCC(OC(C)=O)CC(OC(C)=O)C1OC(C)=O. The monoisotopic (exact) mass is 418 g/mol. The fraction of sp³-hybridized carbons (Fsp3) is 0.722. The van der Waals surface area contributed by atoms with Gasteiger partial charge in [-0.3, -0.25) is 24.0 Å². The van der Waals surface area contributed by atoms with Gasteiger partial charge in [-0.25, -0.2) is 0 Å². The molecule has 0 aromatic heterocycles. The highest BCUT2D eigenvalue weighted by molar-refractivity contribution is 5.68. The van der Waals surface area contributed by atoms with Gasteiger partial charge in [-0.05, 0) is 0 Å². The van der Waals surface area contributed by atoms with Crippen molar-refractivity contribution < 1.29 is 52.4 Å². The molecule has 0 aromatic carbocycles. The van der Waals surface area contributed by atoms with Crippen LogP contribution in [0.4, 0.5) is 0 Å². The molecule has 5 unspecified atom stereocenters. The van der Waals surface area contributed by atoms with Gasteiger partial charge in [0.15, 0.2) is 12.2 Å². The quantitative estimate of drug-likeness (QED) is 0.409. The van der Waals surface area contributed by atoms with Crippen LogP contribution in [0.2, 0.25) is 0 Å². The second kappa shape index (κ2) is 11.3. The highest BCUT2D eigenvalue weighted by Gasteiger charge is 2.46.